The highest BCUT2D eigenvalue weighted by atomic mass is 16.3. The van der Waals surface area contributed by atoms with E-state index >= 15 is 0 Å². The molecule has 2 heteroatoms. The first-order chi connectivity index (χ1) is 5.54. The molecular formula is C10H12O2. The van der Waals surface area contributed by atoms with Crippen molar-refractivity contribution in [2.75, 3.05) is 0 Å². The molecule has 0 unspecified atom stereocenters. The number of phenolic OH excluding ortho intramolecular Hbond substituents is 1. The summed E-state index contributed by atoms with van der Waals surface area (Å²) in [5.74, 6) is 0.187. The lowest BCUT2D eigenvalue weighted by atomic mass is 9.99. The van der Waals surface area contributed by atoms with E-state index in [9.17, 15) is 9.90 Å². The van der Waals surface area contributed by atoms with Crippen molar-refractivity contribution in [3.8, 4) is 5.75 Å². The van der Waals surface area contributed by atoms with Crippen LogP contribution in [0.4, 0.5) is 0 Å². The van der Waals surface area contributed by atoms with E-state index < -0.39 is 0 Å². The zero-order valence-corrected chi connectivity index (χ0v) is 7.51. The molecule has 0 aromatic heterocycles. The minimum absolute atomic E-state index is 0.000833. The zero-order chi connectivity index (χ0) is 9.30. The highest BCUT2D eigenvalue weighted by Crippen LogP contribution is 2.23. The fourth-order valence-electron chi connectivity index (χ4n) is 1.38. The molecule has 1 rings (SSSR count). The number of ketones is 1. The highest BCUT2D eigenvalue weighted by molar-refractivity contribution is 5.97. The summed E-state index contributed by atoms with van der Waals surface area (Å²) in [5.41, 5.74) is 2.22. The van der Waals surface area contributed by atoms with Gasteiger partial charge in [-0.25, -0.2) is 0 Å². The summed E-state index contributed by atoms with van der Waals surface area (Å²) < 4.78 is 0. The van der Waals surface area contributed by atoms with E-state index in [1.54, 1.807) is 19.1 Å². The summed E-state index contributed by atoms with van der Waals surface area (Å²) in [6.07, 6.45) is 0. The first-order valence-corrected chi connectivity index (χ1v) is 3.84. The first-order valence-electron chi connectivity index (χ1n) is 3.84. The Hall–Kier alpha value is -1.31. The van der Waals surface area contributed by atoms with Crippen LogP contribution in [0.5, 0.6) is 5.75 Å². The normalized spacial score (nSPS) is 9.92. The molecule has 0 fully saturated rings. The Morgan fingerprint density at radius 3 is 2.33 bits per heavy atom. The number of carbonyl (C=O) groups excluding carboxylic acids is 1. The Balaban J connectivity index is 3.43. The molecule has 12 heavy (non-hydrogen) atoms. The van der Waals surface area contributed by atoms with Gasteiger partial charge >= 0.3 is 0 Å². The fraction of sp³-hybridized carbons (Fsp3) is 0.300. The molecule has 0 bridgehead atoms. The minimum Gasteiger partial charge on any atom is -0.508 e. The van der Waals surface area contributed by atoms with Crippen LogP contribution in [0.15, 0.2) is 12.1 Å². The molecule has 0 amide bonds. The average molecular weight is 164 g/mol. The Bertz CT molecular complexity index is 327. The Morgan fingerprint density at radius 2 is 1.92 bits per heavy atom. The van der Waals surface area contributed by atoms with Crippen LogP contribution in [0, 0.1) is 13.8 Å². The molecule has 2 nitrogen and oxygen atoms in total. The Kier molecular flexibility index (Phi) is 2.18. The number of hydrogen-bond acceptors (Lipinski definition) is 2. The van der Waals surface area contributed by atoms with Crippen LogP contribution in [0.2, 0.25) is 0 Å². The van der Waals surface area contributed by atoms with Crippen LogP contribution in [0.3, 0.4) is 0 Å². The molecular weight excluding hydrogens is 152 g/mol. The second-order valence-corrected chi connectivity index (χ2v) is 2.96. The van der Waals surface area contributed by atoms with Crippen molar-refractivity contribution in [1.82, 2.24) is 0 Å². The third kappa shape index (κ3) is 1.33. The zero-order valence-electron chi connectivity index (χ0n) is 7.51. The molecule has 0 atom stereocenters. The van der Waals surface area contributed by atoms with Crippen LogP contribution in [0.25, 0.3) is 0 Å². The van der Waals surface area contributed by atoms with Crippen LogP contribution in [0.1, 0.15) is 28.4 Å². The number of aryl methyl sites for hydroxylation is 1. The van der Waals surface area contributed by atoms with Crippen molar-refractivity contribution >= 4 is 5.78 Å². The Labute approximate surface area is 71.8 Å². The summed E-state index contributed by atoms with van der Waals surface area (Å²) in [6.45, 7) is 5.12. The standard InChI is InChI=1S/C10H12O2/c1-6-4-5-9(12)7(2)10(6)8(3)11/h4-5,12H,1-3H3. The van der Waals surface area contributed by atoms with Crippen molar-refractivity contribution < 1.29 is 9.90 Å². The molecule has 0 spiro atoms. The molecule has 1 aromatic carbocycles. The second-order valence-electron chi connectivity index (χ2n) is 2.96. The maximum Gasteiger partial charge on any atom is 0.160 e. The monoisotopic (exact) mass is 164 g/mol. The van der Waals surface area contributed by atoms with Gasteiger partial charge in [-0.1, -0.05) is 6.07 Å². The van der Waals surface area contributed by atoms with E-state index in [1.165, 1.54) is 6.92 Å². The van der Waals surface area contributed by atoms with E-state index in [0.29, 0.717) is 11.1 Å². The number of phenols is 1. The van der Waals surface area contributed by atoms with Gasteiger partial charge in [0.1, 0.15) is 5.75 Å². The average Bonchev–Trinajstić information content (AvgIpc) is 1.97. The highest BCUT2D eigenvalue weighted by Gasteiger charge is 2.09. The third-order valence-electron chi connectivity index (χ3n) is 2.00. The van der Waals surface area contributed by atoms with Crippen LogP contribution in [-0.4, -0.2) is 10.9 Å². The maximum atomic E-state index is 11.1. The second kappa shape index (κ2) is 2.97. The van der Waals surface area contributed by atoms with Crippen LogP contribution in [-0.2, 0) is 0 Å². The minimum atomic E-state index is 0.000833. The van der Waals surface area contributed by atoms with Gasteiger partial charge in [-0.3, -0.25) is 4.79 Å². The lowest BCUT2D eigenvalue weighted by molar-refractivity contribution is 0.101. The largest absolute Gasteiger partial charge is 0.508 e. The number of aromatic hydroxyl groups is 1. The molecule has 0 aliphatic rings. The first kappa shape index (κ1) is 8.78. The summed E-state index contributed by atoms with van der Waals surface area (Å²) in [7, 11) is 0. The Morgan fingerprint density at radius 1 is 1.33 bits per heavy atom. The van der Waals surface area contributed by atoms with Gasteiger partial charge in [0.15, 0.2) is 5.78 Å². The van der Waals surface area contributed by atoms with Crippen molar-refractivity contribution in [3.05, 3.63) is 28.8 Å². The van der Waals surface area contributed by atoms with Gasteiger partial charge in [-0.2, -0.15) is 0 Å². The van der Waals surface area contributed by atoms with Gasteiger partial charge in [0.2, 0.25) is 0 Å². The van der Waals surface area contributed by atoms with Crippen LogP contribution >= 0.6 is 0 Å². The molecule has 0 aliphatic heterocycles. The lowest BCUT2D eigenvalue weighted by Gasteiger charge is -2.07. The van der Waals surface area contributed by atoms with E-state index in [-0.39, 0.29) is 11.5 Å². The summed E-state index contributed by atoms with van der Waals surface area (Å²) >= 11 is 0. The van der Waals surface area contributed by atoms with Gasteiger partial charge in [-0.05, 0) is 32.4 Å². The van der Waals surface area contributed by atoms with E-state index in [4.69, 9.17) is 0 Å². The quantitative estimate of drug-likeness (QED) is 0.646. The van der Waals surface area contributed by atoms with Crippen molar-refractivity contribution in [1.29, 1.82) is 0 Å². The SMILES string of the molecule is CC(=O)c1c(C)ccc(O)c1C. The number of Topliss-reactive ketones (excluding diaryl/α,β-unsaturated/α-hetero) is 1. The molecule has 0 radical (unpaired) electrons. The smallest absolute Gasteiger partial charge is 0.160 e. The molecule has 1 aromatic rings. The van der Waals surface area contributed by atoms with Gasteiger partial charge in [0.25, 0.3) is 0 Å². The maximum absolute atomic E-state index is 11.1. The third-order valence-corrected chi connectivity index (χ3v) is 2.00. The van der Waals surface area contributed by atoms with Gasteiger partial charge in [-0.15, -0.1) is 0 Å². The van der Waals surface area contributed by atoms with E-state index in [2.05, 4.69) is 0 Å². The molecule has 0 heterocycles. The molecule has 64 valence electrons. The molecule has 1 N–H and O–H groups in total. The van der Waals surface area contributed by atoms with Gasteiger partial charge in [0.05, 0.1) is 0 Å². The molecule has 0 aliphatic carbocycles. The predicted molar refractivity (Wildman–Crippen MR) is 47.6 cm³/mol. The predicted octanol–water partition coefficient (Wildman–Crippen LogP) is 2.21. The number of rotatable bonds is 1. The summed E-state index contributed by atoms with van der Waals surface area (Å²) in [6, 6.07) is 3.36. The number of carbonyl (C=O) groups is 1. The number of hydrogen-bond donors (Lipinski definition) is 1. The van der Waals surface area contributed by atoms with Crippen molar-refractivity contribution in [2.45, 2.75) is 20.8 Å². The molecule has 0 saturated heterocycles. The van der Waals surface area contributed by atoms with Crippen molar-refractivity contribution in [3.63, 3.8) is 0 Å². The van der Waals surface area contributed by atoms with Crippen molar-refractivity contribution in [2.24, 2.45) is 0 Å². The topological polar surface area (TPSA) is 37.3 Å². The summed E-state index contributed by atoms with van der Waals surface area (Å²) in [5, 5.41) is 9.32. The van der Waals surface area contributed by atoms with Gasteiger partial charge < -0.3 is 5.11 Å². The van der Waals surface area contributed by atoms with E-state index in [0.717, 1.165) is 5.56 Å². The number of benzene rings is 1. The summed E-state index contributed by atoms with van der Waals surface area (Å²) in [4.78, 5) is 11.1. The van der Waals surface area contributed by atoms with E-state index in [1.807, 2.05) is 6.92 Å². The lowest BCUT2D eigenvalue weighted by Crippen LogP contribution is -1.99. The van der Waals surface area contributed by atoms with Gasteiger partial charge in [0, 0.05) is 11.1 Å². The fourth-order valence-corrected chi connectivity index (χ4v) is 1.38. The molecule has 0 saturated carbocycles. The van der Waals surface area contributed by atoms with Crippen LogP contribution < -0.4 is 0 Å².